The number of allylic oxidation sites excluding steroid dienone is 2. The molecule has 1 N–H and O–H groups in total. The third-order valence-corrected chi connectivity index (χ3v) is 6.82. The SMILES string of the molecule is C=C(CCCCC(=C)NC(CCCCCC)CCCCCCCC)CCCc1ccccc1. The molecule has 1 nitrogen and oxygen atoms in total. The second kappa shape index (κ2) is 21.1. The van der Waals surface area contributed by atoms with E-state index in [1.165, 1.54) is 126 Å². The van der Waals surface area contributed by atoms with Gasteiger partial charge in [0.05, 0.1) is 0 Å². The van der Waals surface area contributed by atoms with Gasteiger partial charge in [0.25, 0.3) is 0 Å². The highest BCUT2D eigenvalue weighted by molar-refractivity contribution is 5.14. The Morgan fingerprint density at radius 1 is 0.667 bits per heavy atom. The molecule has 0 saturated carbocycles. The van der Waals surface area contributed by atoms with Gasteiger partial charge in [0.2, 0.25) is 0 Å². The zero-order valence-corrected chi connectivity index (χ0v) is 22.3. The number of rotatable bonds is 23. The van der Waals surface area contributed by atoms with E-state index in [1.54, 1.807) is 0 Å². The molecule has 1 aromatic carbocycles. The van der Waals surface area contributed by atoms with Crippen molar-refractivity contribution in [2.24, 2.45) is 0 Å². The molecule has 0 aromatic heterocycles. The molecule has 0 spiro atoms. The van der Waals surface area contributed by atoms with Crippen LogP contribution in [0.5, 0.6) is 0 Å². The van der Waals surface area contributed by atoms with E-state index in [0.29, 0.717) is 6.04 Å². The van der Waals surface area contributed by atoms with Crippen molar-refractivity contribution in [3.05, 3.63) is 60.3 Å². The number of unbranched alkanes of at least 4 members (excludes halogenated alkanes) is 9. The lowest BCUT2D eigenvalue weighted by atomic mass is 9.99. The van der Waals surface area contributed by atoms with Crippen molar-refractivity contribution in [2.45, 2.75) is 142 Å². The zero-order chi connectivity index (χ0) is 24.0. The maximum Gasteiger partial charge on any atom is 0.0258 e. The molecule has 1 rings (SSSR count). The molecule has 1 heteroatoms. The molecular weight excluding hydrogens is 398 g/mol. The summed E-state index contributed by atoms with van der Waals surface area (Å²) in [6.07, 6.45) is 24.7. The third-order valence-electron chi connectivity index (χ3n) is 6.82. The summed E-state index contributed by atoms with van der Waals surface area (Å²) < 4.78 is 0. The molecule has 1 aromatic rings. The molecule has 0 aliphatic heterocycles. The Kier molecular flexibility index (Phi) is 18.8. The third kappa shape index (κ3) is 17.6. The molecule has 33 heavy (non-hydrogen) atoms. The van der Waals surface area contributed by atoms with Gasteiger partial charge in [0.15, 0.2) is 0 Å². The Bertz CT molecular complexity index is 588. The summed E-state index contributed by atoms with van der Waals surface area (Å²) in [5.74, 6) is 0. The summed E-state index contributed by atoms with van der Waals surface area (Å²) in [6, 6.07) is 11.4. The molecule has 0 heterocycles. The first-order valence-electron chi connectivity index (χ1n) is 14.3. The fourth-order valence-electron chi connectivity index (χ4n) is 4.66. The minimum absolute atomic E-state index is 0.633. The average Bonchev–Trinajstić information content (AvgIpc) is 2.82. The maximum absolute atomic E-state index is 4.37. The molecule has 0 aliphatic rings. The lowest BCUT2D eigenvalue weighted by molar-refractivity contribution is 0.434. The van der Waals surface area contributed by atoms with Gasteiger partial charge in [0, 0.05) is 11.7 Å². The molecule has 0 fully saturated rings. The second-order valence-electron chi connectivity index (χ2n) is 10.1. The van der Waals surface area contributed by atoms with Crippen LogP contribution in [0.4, 0.5) is 0 Å². The predicted molar refractivity (Wildman–Crippen MR) is 150 cm³/mol. The Hall–Kier alpha value is -1.50. The van der Waals surface area contributed by atoms with E-state index < -0.39 is 0 Å². The molecule has 0 aliphatic carbocycles. The first-order chi connectivity index (χ1) is 16.2. The monoisotopic (exact) mass is 453 g/mol. The zero-order valence-electron chi connectivity index (χ0n) is 22.3. The van der Waals surface area contributed by atoms with Crippen molar-refractivity contribution in [3.63, 3.8) is 0 Å². The topological polar surface area (TPSA) is 12.0 Å². The van der Waals surface area contributed by atoms with E-state index in [1.807, 2.05) is 0 Å². The van der Waals surface area contributed by atoms with E-state index in [9.17, 15) is 0 Å². The highest BCUT2D eigenvalue weighted by Crippen LogP contribution is 2.18. The number of hydrogen-bond acceptors (Lipinski definition) is 1. The van der Waals surface area contributed by atoms with Crippen LogP contribution in [-0.2, 0) is 6.42 Å². The van der Waals surface area contributed by atoms with Crippen molar-refractivity contribution < 1.29 is 0 Å². The Morgan fingerprint density at radius 2 is 1.21 bits per heavy atom. The van der Waals surface area contributed by atoms with Crippen LogP contribution in [0.15, 0.2) is 54.8 Å². The number of benzene rings is 1. The molecule has 0 amide bonds. The molecule has 1 unspecified atom stereocenters. The number of aryl methyl sites for hydroxylation is 1. The van der Waals surface area contributed by atoms with Gasteiger partial charge >= 0.3 is 0 Å². The first kappa shape index (κ1) is 29.5. The number of nitrogens with one attached hydrogen (secondary N) is 1. The number of hydrogen-bond donors (Lipinski definition) is 1. The van der Waals surface area contributed by atoms with Crippen LogP contribution in [0.2, 0.25) is 0 Å². The van der Waals surface area contributed by atoms with Gasteiger partial charge in [-0.3, -0.25) is 0 Å². The van der Waals surface area contributed by atoms with Gasteiger partial charge in [-0.1, -0.05) is 127 Å². The predicted octanol–water partition coefficient (Wildman–Crippen LogP) is 10.3. The van der Waals surface area contributed by atoms with Crippen LogP contribution in [-0.4, -0.2) is 6.04 Å². The maximum atomic E-state index is 4.37. The van der Waals surface area contributed by atoms with Crippen LogP contribution in [0.25, 0.3) is 0 Å². The summed E-state index contributed by atoms with van der Waals surface area (Å²) in [5.41, 5.74) is 4.12. The average molecular weight is 454 g/mol. The molecule has 0 saturated heterocycles. The van der Waals surface area contributed by atoms with Crippen molar-refractivity contribution in [3.8, 4) is 0 Å². The Morgan fingerprint density at radius 3 is 1.88 bits per heavy atom. The minimum Gasteiger partial charge on any atom is -0.386 e. The minimum atomic E-state index is 0.633. The quantitative estimate of drug-likeness (QED) is 0.128. The second-order valence-corrected chi connectivity index (χ2v) is 10.1. The van der Waals surface area contributed by atoms with E-state index in [4.69, 9.17) is 0 Å². The van der Waals surface area contributed by atoms with Gasteiger partial charge < -0.3 is 5.32 Å². The molecule has 1 atom stereocenters. The van der Waals surface area contributed by atoms with Gasteiger partial charge in [-0.05, 0) is 63.4 Å². The van der Waals surface area contributed by atoms with Crippen LogP contribution < -0.4 is 5.32 Å². The van der Waals surface area contributed by atoms with E-state index in [-0.39, 0.29) is 0 Å². The van der Waals surface area contributed by atoms with Crippen molar-refractivity contribution in [2.75, 3.05) is 0 Å². The van der Waals surface area contributed by atoms with Crippen LogP contribution in [0.3, 0.4) is 0 Å². The molecule has 188 valence electrons. The summed E-state index contributed by atoms with van der Waals surface area (Å²) >= 11 is 0. The van der Waals surface area contributed by atoms with E-state index in [2.05, 4.69) is 62.7 Å². The normalized spacial score (nSPS) is 11.9. The van der Waals surface area contributed by atoms with Gasteiger partial charge in [-0.15, -0.1) is 0 Å². The van der Waals surface area contributed by atoms with E-state index >= 15 is 0 Å². The fraction of sp³-hybridized carbons (Fsp3) is 0.688. The van der Waals surface area contributed by atoms with Crippen LogP contribution >= 0.6 is 0 Å². The lowest BCUT2D eigenvalue weighted by Gasteiger charge is -2.22. The summed E-state index contributed by atoms with van der Waals surface area (Å²) in [7, 11) is 0. The highest BCUT2D eigenvalue weighted by Gasteiger charge is 2.09. The largest absolute Gasteiger partial charge is 0.386 e. The summed E-state index contributed by atoms with van der Waals surface area (Å²) in [4.78, 5) is 0. The van der Waals surface area contributed by atoms with Gasteiger partial charge in [-0.2, -0.15) is 0 Å². The summed E-state index contributed by atoms with van der Waals surface area (Å²) in [6.45, 7) is 13.3. The molecular formula is C32H55N. The van der Waals surface area contributed by atoms with Crippen molar-refractivity contribution in [1.82, 2.24) is 5.32 Å². The molecule has 0 radical (unpaired) electrons. The Balaban J connectivity index is 2.17. The molecule has 0 bridgehead atoms. The van der Waals surface area contributed by atoms with Crippen LogP contribution in [0, 0.1) is 0 Å². The van der Waals surface area contributed by atoms with Crippen LogP contribution in [0.1, 0.15) is 135 Å². The summed E-state index contributed by atoms with van der Waals surface area (Å²) in [5, 5.41) is 3.82. The van der Waals surface area contributed by atoms with Crippen molar-refractivity contribution in [1.29, 1.82) is 0 Å². The standard InChI is InChI=1S/C32H55N/c1-5-7-9-11-12-17-28-32(27-16-10-8-6-2)33-30(4)23-19-18-21-29(3)22-20-26-31-24-14-13-15-25-31/h13-15,24-25,32-33H,3-12,16-23,26-28H2,1-2H3. The van der Waals surface area contributed by atoms with Gasteiger partial charge in [-0.25, -0.2) is 0 Å². The van der Waals surface area contributed by atoms with Crippen molar-refractivity contribution >= 4 is 0 Å². The fourth-order valence-corrected chi connectivity index (χ4v) is 4.66. The first-order valence-corrected chi connectivity index (χ1v) is 14.3. The highest BCUT2D eigenvalue weighted by atomic mass is 14.9. The smallest absolute Gasteiger partial charge is 0.0258 e. The van der Waals surface area contributed by atoms with E-state index in [0.717, 1.165) is 12.8 Å². The Labute approximate surface area is 207 Å². The lowest BCUT2D eigenvalue weighted by Crippen LogP contribution is -2.28. The van der Waals surface area contributed by atoms with Gasteiger partial charge in [0.1, 0.15) is 0 Å².